The maximum atomic E-state index is 5.36. The molecule has 1 unspecified atom stereocenters. The average molecular weight is 240 g/mol. The van der Waals surface area contributed by atoms with Crippen LogP contribution in [0.3, 0.4) is 0 Å². The Bertz CT molecular complexity index is 298. The lowest BCUT2D eigenvalue weighted by Gasteiger charge is -2.26. The van der Waals surface area contributed by atoms with Crippen LogP contribution >= 0.6 is 0 Å². The monoisotopic (exact) mass is 240 g/mol. The van der Waals surface area contributed by atoms with Crippen molar-refractivity contribution in [2.45, 2.75) is 52.1 Å². The van der Waals surface area contributed by atoms with Gasteiger partial charge in [-0.05, 0) is 12.3 Å². The van der Waals surface area contributed by atoms with Crippen molar-refractivity contribution < 1.29 is 9.47 Å². The van der Waals surface area contributed by atoms with E-state index in [4.69, 9.17) is 9.47 Å². The zero-order chi connectivity index (χ0) is 12.8. The van der Waals surface area contributed by atoms with Crippen molar-refractivity contribution in [3.63, 3.8) is 0 Å². The molecule has 0 bridgehead atoms. The summed E-state index contributed by atoms with van der Waals surface area (Å²) >= 11 is 0. The van der Waals surface area contributed by atoms with Crippen LogP contribution in [0.2, 0.25) is 0 Å². The van der Waals surface area contributed by atoms with Gasteiger partial charge in [0.15, 0.2) is 0 Å². The first-order chi connectivity index (χ1) is 8.13. The van der Waals surface area contributed by atoms with E-state index in [9.17, 15) is 0 Å². The van der Waals surface area contributed by atoms with E-state index in [-0.39, 0.29) is 12.1 Å². The van der Waals surface area contributed by atoms with E-state index in [1.807, 2.05) is 0 Å². The molecule has 17 heavy (non-hydrogen) atoms. The molecule has 0 aromatic rings. The maximum absolute atomic E-state index is 5.36. The molecule has 0 saturated heterocycles. The van der Waals surface area contributed by atoms with E-state index in [0.29, 0.717) is 5.92 Å². The lowest BCUT2D eigenvalue weighted by molar-refractivity contribution is 0.330. The van der Waals surface area contributed by atoms with E-state index < -0.39 is 0 Å². The van der Waals surface area contributed by atoms with Crippen LogP contribution in [-0.2, 0) is 9.47 Å². The zero-order valence-corrected chi connectivity index (χ0v) is 11.6. The van der Waals surface area contributed by atoms with Crippen LogP contribution in [-0.4, -0.2) is 38.1 Å². The van der Waals surface area contributed by atoms with Crippen LogP contribution in [0.15, 0.2) is 9.98 Å². The Hall–Kier alpha value is -1.06. The Labute approximate surface area is 104 Å². The van der Waals surface area contributed by atoms with Gasteiger partial charge in [-0.2, -0.15) is 0 Å². The Morgan fingerprint density at radius 1 is 1.12 bits per heavy atom. The summed E-state index contributed by atoms with van der Waals surface area (Å²) in [5.74, 6) is 1.85. The van der Waals surface area contributed by atoms with Crippen molar-refractivity contribution in [3.8, 4) is 0 Å². The summed E-state index contributed by atoms with van der Waals surface area (Å²) in [6.45, 7) is 6.40. The minimum Gasteiger partial charge on any atom is -0.483 e. The maximum Gasteiger partial charge on any atom is 0.209 e. The highest BCUT2D eigenvalue weighted by atomic mass is 16.5. The molecule has 0 N–H and O–H groups in total. The van der Waals surface area contributed by atoms with Crippen molar-refractivity contribution in [1.82, 2.24) is 0 Å². The van der Waals surface area contributed by atoms with Gasteiger partial charge in [0, 0.05) is 0 Å². The van der Waals surface area contributed by atoms with Gasteiger partial charge in [0.25, 0.3) is 0 Å². The molecule has 4 nitrogen and oxygen atoms in total. The van der Waals surface area contributed by atoms with E-state index in [0.717, 1.165) is 31.1 Å². The Balaban J connectivity index is 2.86. The van der Waals surface area contributed by atoms with E-state index in [2.05, 4.69) is 30.8 Å². The number of unbranched alkanes of at least 4 members (excludes halogenated alkanes) is 1. The Morgan fingerprint density at radius 2 is 1.76 bits per heavy atom. The molecule has 1 aliphatic heterocycles. The van der Waals surface area contributed by atoms with Gasteiger partial charge in [-0.3, -0.25) is 0 Å². The second-order valence-electron chi connectivity index (χ2n) is 4.69. The molecule has 0 aliphatic carbocycles. The summed E-state index contributed by atoms with van der Waals surface area (Å²) in [6, 6.07) is 0.0257. The molecular weight excluding hydrogens is 216 g/mol. The van der Waals surface area contributed by atoms with Crippen LogP contribution in [0.5, 0.6) is 0 Å². The van der Waals surface area contributed by atoms with Crippen LogP contribution in [0.25, 0.3) is 0 Å². The van der Waals surface area contributed by atoms with Crippen molar-refractivity contribution in [2.75, 3.05) is 14.2 Å². The smallest absolute Gasteiger partial charge is 0.209 e. The van der Waals surface area contributed by atoms with Crippen molar-refractivity contribution >= 4 is 11.8 Å². The van der Waals surface area contributed by atoms with Gasteiger partial charge in [0.2, 0.25) is 11.8 Å². The quantitative estimate of drug-likeness (QED) is 0.758. The van der Waals surface area contributed by atoms with Crippen LogP contribution < -0.4 is 0 Å². The third-order valence-corrected chi connectivity index (χ3v) is 2.97. The van der Waals surface area contributed by atoms with Crippen molar-refractivity contribution in [3.05, 3.63) is 0 Å². The number of nitrogens with zero attached hydrogens (tertiary/aromatic N) is 2. The fraction of sp³-hybridized carbons (Fsp3) is 0.846. The van der Waals surface area contributed by atoms with Gasteiger partial charge in [-0.15, -0.1) is 0 Å². The molecule has 0 aromatic heterocycles. The summed E-state index contributed by atoms with van der Waals surface area (Å²) in [5, 5.41) is 0. The lowest BCUT2D eigenvalue weighted by Crippen LogP contribution is -2.37. The van der Waals surface area contributed by atoms with Gasteiger partial charge in [-0.25, -0.2) is 9.98 Å². The molecular formula is C13H24N2O2. The fourth-order valence-corrected chi connectivity index (χ4v) is 1.95. The highest BCUT2D eigenvalue weighted by Crippen LogP contribution is 2.20. The molecule has 0 amide bonds. The van der Waals surface area contributed by atoms with Crippen molar-refractivity contribution in [1.29, 1.82) is 0 Å². The van der Waals surface area contributed by atoms with E-state index in [1.54, 1.807) is 14.2 Å². The molecule has 0 fully saturated rings. The van der Waals surface area contributed by atoms with E-state index in [1.165, 1.54) is 0 Å². The molecule has 2 atom stereocenters. The summed E-state index contributed by atoms with van der Waals surface area (Å²) in [7, 11) is 3.33. The molecule has 98 valence electrons. The van der Waals surface area contributed by atoms with Gasteiger partial charge in [0.05, 0.1) is 14.2 Å². The molecule has 0 saturated carbocycles. The minimum atomic E-state index is -0.00664. The number of hydrogen-bond donors (Lipinski definition) is 0. The SMILES string of the molecule is CCCCC1N=C(OC)[C@@H](C(C)C)N=C1OC. The number of methoxy groups -OCH3 is 2. The van der Waals surface area contributed by atoms with Crippen LogP contribution in [0.4, 0.5) is 0 Å². The van der Waals surface area contributed by atoms with Crippen LogP contribution in [0.1, 0.15) is 40.0 Å². The second kappa shape index (κ2) is 6.62. The first-order valence-corrected chi connectivity index (χ1v) is 6.37. The highest BCUT2D eigenvalue weighted by molar-refractivity contribution is 5.94. The fourth-order valence-electron chi connectivity index (χ4n) is 1.95. The van der Waals surface area contributed by atoms with Crippen LogP contribution in [0, 0.1) is 5.92 Å². The van der Waals surface area contributed by atoms with Gasteiger partial charge in [0.1, 0.15) is 12.1 Å². The van der Waals surface area contributed by atoms with E-state index >= 15 is 0 Å². The summed E-state index contributed by atoms with van der Waals surface area (Å²) in [6.07, 6.45) is 3.25. The summed E-state index contributed by atoms with van der Waals surface area (Å²) in [5.41, 5.74) is 0. The third-order valence-electron chi connectivity index (χ3n) is 2.97. The average Bonchev–Trinajstić information content (AvgIpc) is 2.34. The largest absolute Gasteiger partial charge is 0.483 e. The first-order valence-electron chi connectivity index (χ1n) is 6.37. The molecule has 4 heteroatoms. The third kappa shape index (κ3) is 3.45. The second-order valence-corrected chi connectivity index (χ2v) is 4.69. The summed E-state index contributed by atoms with van der Waals surface area (Å²) in [4.78, 5) is 9.26. The number of ether oxygens (including phenoxy) is 2. The van der Waals surface area contributed by atoms with Gasteiger partial charge < -0.3 is 9.47 Å². The number of aliphatic imine (C=N–C) groups is 2. The topological polar surface area (TPSA) is 43.2 Å². The predicted molar refractivity (Wildman–Crippen MR) is 70.8 cm³/mol. The Kier molecular flexibility index (Phi) is 5.45. The molecule has 0 aromatic carbocycles. The lowest BCUT2D eigenvalue weighted by atomic mass is 10.0. The number of hydrogen-bond acceptors (Lipinski definition) is 4. The molecule has 1 rings (SSSR count). The molecule has 0 spiro atoms. The first kappa shape index (κ1) is 14.0. The number of rotatable bonds is 4. The molecule has 1 aliphatic rings. The molecule has 0 radical (unpaired) electrons. The van der Waals surface area contributed by atoms with Gasteiger partial charge in [-0.1, -0.05) is 33.6 Å². The molecule has 1 heterocycles. The standard InChI is InChI=1S/C13H24N2O2/c1-6-7-8-10-12(16-4)15-11(9(2)3)13(14-10)17-5/h9-11H,6-8H2,1-5H3/t10?,11-/m1/s1. The van der Waals surface area contributed by atoms with Gasteiger partial charge >= 0.3 is 0 Å². The normalized spacial score (nSPS) is 24.4. The predicted octanol–water partition coefficient (Wildman–Crippen LogP) is 2.67. The zero-order valence-electron chi connectivity index (χ0n) is 11.6. The summed E-state index contributed by atoms with van der Waals surface area (Å²) < 4.78 is 10.7. The van der Waals surface area contributed by atoms with Crippen molar-refractivity contribution in [2.24, 2.45) is 15.9 Å². The Morgan fingerprint density at radius 3 is 2.24 bits per heavy atom. The minimum absolute atomic E-state index is 0.00664. The highest BCUT2D eigenvalue weighted by Gasteiger charge is 2.30.